The predicted molar refractivity (Wildman–Crippen MR) is 80.0 cm³/mol. The zero-order valence-electron chi connectivity index (χ0n) is 13.1. The number of rotatable bonds is 5. The van der Waals surface area contributed by atoms with E-state index in [0.717, 1.165) is 23.0 Å². The largest absolute Gasteiger partial charge is 0.394 e. The Labute approximate surface area is 116 Å². The first-order valence-electron chi connectivity index (χ1n) is 6.65. The molecule has 0 saturated carbocycles. The number of nitrogens with one attached hydrogen (secondary N) is 1. The van der Waals surface area contributed by atoms with E-state index in [0.29, 0.717) is 0 Å². The van der Waals surface area contributed by atoms with Gasteiger partial charge >= 0.3 is 0 Å². The molecule has 0 aliphatic rings. The van der Waals surface area contributed by atoms with Gasteiger partial charge in [-0.15, -0.1) is 0 Å². The summed E-state index contributed by atoms with van der Waals surface area (Å²) in [5, 5.41) is 12.6. The third-order valence-electron chi connectivity index (χ3n) is 3.50. The van der Waals surface area contributed by atoms with Crippen LogP contribution in [-0.2, 0) is 0 Å². The van der Waals surface area contributed by atoms with E-state index in [1.165, 1.54) is 0 Å². The fraction of sp³-hybridized carbons (Fsp3) is 0.714. The van der Waals surface area contributed by atoms with Crippen LogP contribution in [-0.4, -0.2) is 41.3 Å². The van der Waals surface area contributed by atoms with Gasteiger partial charge in [0, 0.05) is 25.6 Å². The molecule has 5 heteroatoms. The molecule has 1 aromatic rings. The number of aromatic nitrogens is 2. The molecule has 0 atom stereocenters. The summed E-state index contributed by atoms with van der Waals surface area (Å²) in [6.45, 7) is 10.2. The summed E-state index contributed by atoms with van der Waals surface area (Å²) in [7, 11) is 3.81. The zero-order valence-corrected chi connectivity index (χ0v) is 13.1. The van der Waals surface area contributed by atoms with Gasteiger partial charge in [0.25, 0.3) is 0 Å². The Morgan fingerprint density at radius 1 is 1.32 bits per heavy atom. The van der Waals surface area contributed by atoms with Crippen LogP contribution in [0, 0.1) is 6.92 Å². The number of hydrogen-bond acceptors (Lipinski definition) is 5. The summed E-state index contributed by atoms with van der Waals surface area (Å²) in [4.78, 5) is 11.2. The first-order chi connectivity index (χ1) is 8.74. The minimum absolute atomic E-state index is 0.0683. The van der Waals surface area contributed by atoms with Crippen molar-refractivity contribution in [2.75, 3.05) is 30.9 Å². The highest BCUT2D eigenvalue weighted by Crippen LogP contribution is 2.29. The highest BCUT2D eigenvalue weighted by Gasteiger charge is 2.26. The quantitative estimate of drug-likeness (QED) is 0.855. The van der Waals surface area contributed by atoms with Crippen LogP contribution < -0.4 is 10.2 Å². The first-order valence-corrected chi connectivity index (χ1v) is 6.65. The molecule has 1 heterocycles. The van der Waals surface area contributed by atoms with Crippen molar-refractivity contribution in [2.24, 2.45) is 0 Å². The van der Waals surface area contributed by atoms with E-state index in [-0.39, 0.29) is 18.1 Å². The van der Waals surface area contributed by atoms with Gasteiger partial charge in [-0.1, -0.05) is 13.8 Å². The van der Waals surface area contributed by atoms with Crippen molar-refractivity contribution in [2.45, 2.75) is 46.1 Å². The third kappa shape index (κ3) is 3.15. The molecular weight excluding hydrogens is 240 g/mol. The Morgan fingerprint density at radius 2 is 1.89 bits per heavy atom. The summed E-state index contributed by atoms with van der Waals surface area (Å²) in [5.41, 5.74) is 0.634. The zero-order chi connectivity index (χ0) is 14.8. The Balaban J connectivity index is 3.37. The molecule has 0 bridgehead atoms. The van der Waals surface area contributed by atoms with Gasteiger partial charge in [-0.05, 0) is 20.8 Å². The minimum atomic E-state index is -0.363. The van der Waals surface area contributed by atoms with Crippen LogP contribution in [0.2, 0.25) is 0 Å². The molecule has 2 N–H and O–H groups in total. The summed E-state index contributed by atoms with van der Waals surface area (Å²) in [5.74, 6) is 2.78. The number of aliphatic hydroxyl groups excluding tert-OH is 1. The number of nitrogens with zero attached hydrogens (tertiary/aromatic N) is 3. The van der Waals surface area contributed by atoms with E-state index in [9.17, 15) is 5.11 Å². The van der Waals surface area contributed by atoms with Crippen LogP contribution in [0.4, 0.5) is 11.6 Å². The molecule has 1 rings (SSSR count). The van der Waals surface area contributed by atoms with Gasteiger partial charge in [0.1, 0.15) is 17.5 Å². The lowest BCUT2D eigenvalue weighted by molar-refractivity contribution is 0.215. The third-order valence-corrected chi connectivity index (χ3v) is 3.50. The van der Waals surface area contributed by atoms with Crippen LogP contribution in [0.15, 0.2) is 0 Å². The van der Waals surface area contributed by atoms with Crippen LogP contribution >= 0.6 is 0 Å². The molecule has 1 aromatic heterocycles. The fourth-order valence-electron chi connectivity index (χ4n) is 1.74. The summed E-state index contributed by atoms with van der Waals surface area (Å²) >= 11 is 0. The summed E-state index contributed by atoms with van der Waals surface area (Å²) < 4.78 is 0. The molecule has 0 unspecified atom stereocenters. The Bertz CT molecular complexity index is 443. The second-order valence-corrected chi connectivity index (χ2v) is 5.81. The molecule has 0 saturated heterocycles. The van der Waals surface area contributed by atoms with Crippen molar-refractivity contribution in [3.8, 4) is 0 Å². The number of anilines is 2. The van der Waals surface area contributed by atoms with E-state index in [4.69, 9.17) is 0 Å². The molecular formula is C14H26N4O. The van der Waals surface area contributed by atoms with Crippen LogP contribution in [0.5, 0.6) is 0 Å². The van der Waals surface area contributed by atoms with E-state index in [2.05, 4.69) is 29.1 Å². The Hall–Kier alpha value is -1.36. The monoisotopic (exact) mass is 266 g/mol. The molecule has 0 spiro atoms. The summed E-state index contributed by atoms with van der Waals surface area (Å²) in [6, 6.07) is 0. The molecule has 5 nitrogen and oxygen atoms in total. The lowest BCUT2D eigenvalue weighted by atomic mass is 10.0. The molecule has 0 radical (unpaired) electrons. The maximum Gasteiger partial charge on any atom is 0.137 e. The van der Waals surface area contributed by atoms with Gasteiger partial charge in [0.2, 0.25) is 0 Å². The van der Waals surface area contributed by atoms with Crippen molar-refractivity contribution >= 4 is 11.6 Å². The van der Waals surface area contributed by atoms with E-state index in [1.54, 1.807) is 0 Å². The van der Waals surface area contributed by atoms with Gasteiger partial charge in [-0.25, -0.2) is 9.97 Å². The highest BCUT2D eigenvalue weighted by atomic mass is 16.3. The maximum atomic E-state index is 9.52. The van der Waals surface area contributed by atoms with Gasteiger partial charge < -0.3 is 15.3 Å². The minimum Gasteiger partial charge on any atom is -0.394 e. The van der Waals surface area contributed by atoms with Crippen LogP contribution in [0.1, 0.15) is 45.0 Å². The van der Waals surface area contributed by atoms with Gasteiger partial charge in [0.15, 0.2) is 0 Å². The topological polar surface area (TPSA) is 61.3 Å². The van der Waals surface area contributed by atoms with Gasteiger partial charge in [0.05, 0.1) is 12.1 Å². The van der Waals surface area contributed by atoms with Gasteiger partial charge in [-0.3, -0.25) is 0 Å². The molecule has 108 valence electrons. The van der Waals surface area contributed by atoms with Crippen LogP contribution in [0.3, 0.4) is 0 Å². The SMILES string of the molecule is CNc1nc(C(C)C)nc(N(C)C(C)(C)CO)c1C. The van der Waals surface area contributed by atoms with Gasteiger partial charge in [-0.2, -0.15) is 0 Å². The summed E-state index contributed by atoms with van der Waals surface area (Å²) in [6.07, 6.45) is 0. The van der Waals surface area contributed by atoms with Crippen molar-refractivity contribution < 1.29 is 5.11 Å². The molecule has 0 amide bonds. The second-order valence-electron chi connectivity index (χ2n) is 5.81. The predicted octanol–water partition coefficient (Wildman–Crippen LogP) is 2.16. The molecule has 0 aliphatic heterocycles. The van der Waals surface area contributed by atoms with Crippen molar-refractivity contribution in [1.29, 1.82) is 0 Å². The number of likely N-dealkylation sites (N-methyl/N-ethyl adjacent to an activating group) is 1. The van der Waals surface area contributed by atoms with E-state index < -0.39 is 0 Å². The maximum absolute atomic E-state index is 9.52. The average molecular weight is 266 g/mol. The van der Waals surface area contributed by atoms with Crippen LogP contribution in [0.25, 0.3) is 0 Å². The smallest absolute Gasteiger partial charge is 0.137 e. The number of aliphatic hydroxyl groups is 1. The average Bonchev–Trinajstić information content (AvgIpc) is 2.37. The van der Waals surface area contributed by atoms with E-state index >= 15 is 0 Å². The Kier molecular flexibility index (Phi) is 4.74. The van der Waals surface area contributed by atoms with E-state index in [1.807, 2.05) is 39.8 Å². The molecule has 0 aromatic carbocycles. The highest BCUT2D eigenvalue weighted by molar-refractivity contribution is 5.59. The standard InChI is InChI=1S/C14H26N4O/c1-9(2)11-16-12(15-6)10(3)13(17-11)18(7)14(4,5)8-19/h9,19H,8H2,1-7H3,(H,15,16,17). The number of hydrogen-bond donors (Lipinski definition) is 2. The lowest BCUT2D eigenvalue weighted by Crippen LogP contribution is -2.45. The molecule has 19 heavy (non-hydrogen) atoms. The lowest BCUT2D eigenvalue weighted by Gasteiger charge is -2.36. The molecule has 0 fully saturated rings. The first kappa shape index (κ1) is 15.7. The normalized spacial score (nSPS) is 11.8. The fourth-order valence-corrected chi connectivity index (χ4v) is 1.74. The Morgan fingerprint density at radius 3 is 2.32 bits per heavy atom. The van der Waals surface area contributed by atoms with Crippen molar-refractivity contribution in [1.82, 2.24) is 9.97 Å². The van der Waals surface area contributed by atoms with Crippen molar-refractivity contribution in [3.63, 3.8) is 0 Å². The second kappa shape index (κ2) is 5.74. The molecule has 0 aliphatic carbocycles. The van der Waals surface area contributed by atoms with Crippen molar-refractivity contribution in [3.05, 3.63) is 11.4 Å².